The average molecular weight is 583 g/mol. The van der Waals surface area contributed by atoms with Gasteiger partial charge in [-0.1, -0.05) is 96.0 Å². The van der Waals surface area contributed by atoms with E-state index in [9.17, 15) is 10.1 Å². The van der Waals surface area contributed by atoms with Gasteiger partial charge < -0.3 is 4.90 Å². The molecule has 4 aromatic rings. The molecule has 43 heavy (non-hydrogen) atoms. The Labute approximate surface area is 255 Å². The average Bonchev–Trinajstić information content (AvgIpc) is 3.25. The largest absolute Gasteiger partial charge is 0.306 e. The molecule has 7 rings (SSSR count). The maximum atomic E-state index is 15.0. The van der Waals surface area contributed by atoms with Gasteiger partial charge in [-0.15, -0.1) is 0 Å². The number of carbonyl (C=O) groups is 3. The van der Waals surface area contributed by atoms with Crippen LogP contribution in [-0.2, 0) is 28.0 Å². The number of ketones is 2. The molecule has 6 heteroatoms. The maximum Gasteiger partial charge on any atom is 0.246 e. The highest BCUT2D eigenvalue weighted by Gasteiger charge is 2.67. The topological polar surface area (TPSA) is 78.2 Å². The molecule has 0 unspecified atom stereocenters. The van der Waals surface area contributed by atoms with Crippen molar-refractivity contribution in [1.82, 2.24) is 0 Å². The quantitative estimate of drug-likeness (QED) is 0.191. The molecule has 5 nitrogen and oxygen atoms in total. The van der Waals surface area contributed by atoms with Crippen LogP contribution in [0.1, 0.15) is 44.6 Å². The first kappa shape index (κ1) is 27.1. The van der Waals surface area contributed by atoms with Crippen LogP contribution in [-0.4, -0.2) is 17.5 Å². The molecule has 0 radical (unpaired) electrons. The fraction of sp³-hybridized carbons (Fsp3) is 0.189. The van der Waals surface area contributed by atoms with Crippen molar-refractivity contribution in [2.24, 2.45) is 11.8 Å². The molecule has 3 aliphatic rings. The van der Waals surface area contributed by atoms with Crippen LogP contribution in [0.25, 0.3) is 5.57 Å². The number of fused-ring (bicyclic) bond motifs is 5. The van der Waals surface area contributed by atoms with Crippen LogP contribution in [0.5, 0.6) is 0 Å². The molecule has 0 saturated heterocycles. The van der Waals surface area contributed by atoms with Crippen LogP contribution in [0.15, 0.2) is 103 Å². The molecule has 4 aromatic carbocycles. The molecule has 0 bridgehead atoms. The van der Waals surface area contributed by atoms with E-state index in [-0.39, 0.29) is 17.9 Å². The van der Waals surface area contributed by atoms with Gasteiger partial charge in [-0.2, -0.15) is 5.26 Å². The number of hydrogen-bond acceptors (Lipinski definition) is 4. The molecule has 210 valence electrons. The molecule has 1 amide bonds. The number of amides is 1. The minimum absolute atomic E-state index is 0.0501. The van der Waals surface area contributed by atoms with Crippen molar-refractivity contribution in [3.8, 4) is 6.07 Å². The van der Waals surface area contributed by atoms with E-state index in [2.05, 4.69) is 6.07 Å². The molecule has 1 aliphatic heterocycles. The third-order valence-electron chi connectivity index (χ3n) is 9.30. The van der Waals surface area contributed by atoms with Crippen molar-refractivity contribution in [2.75, 3.05) is 4.90 Å². The molecule has 3 atom stereocenters. The van der Waals surface area contributed by atoms with Crippen LogP contribution in [0.2, 0.25) is 5.02 Å². The second-order valence-electron chi connectivity index (χ2n) is 11.6. The van der Waals surface area contributed by atoms with Gasteiger partial charge in [-0.25, -0.2) is 0 Å². The summed E-state index contributed by atoms with van der Waals surface area (Å²) >= 11 is 6.56. The van der Waals surface area contributed by atoms with E-state index in [0.717, 1.165) is 22.3 Å². The van der Waals surface area contributed by atoms with Crippen LogP contribution in [0.3, 0.4) is 0 Å². The van der Waals surface area contributed by atoms with Crippen molar-refractivity contribution in [2.45, 2.75) is 31.7 Å². The molecular weight excluding hydrogens is 556 g/mol. The first-order valence-electron chi connectivity index (χ1n) is 14.4. The number of aryl methyl sites for hydroxylation is 2. The summed E-state index contributed by atoms with van der Waals surface area (Å²) in [6.07, 6.45) is 1.19. The van der Waals surface area contributed by atoms with Crippen molar-refractivity contribution in [3.63, 3.8) is 0 Å². The van der Waals surface area contributed by atoms with Gasteiger partial charge in [-0.3, -0.25) is 14.4 Å². The molecular formula is C37H27ClN2O3. The molecule has 1 spiro atoms. The minimum atomic E-state index is -1.93. The van der Waals surface area contributed by atoms with Crippen molar-refractivity contribution in [1.29, 1.82) is 5.26 Å². The van der Waals surface area contributed by atoms with E-state index in [1.165, 1.54) is 0 Å². The number of Topliss-reactive ketones (excluding diaryl/α,β-unsaturated/α-hetero) is 2. The van der Waals surface area contributed by atoms with Gasteiger partial charge in [0.25, 0.3) is 0 Å². The highest BCUT2D eigenvalue weighted by atomic mass is 35.5. The van der Waals surface area contributed by atoms with E-state index in [1.54, 1.807) is 35.2 Å². The van der Waals surface area contributed by atoms with E-state index in [4.69, 9.17) is 11.6 Å². The monoisotopic (exact) mass is 582 g/mol. The first-order valence-corrected chi connectivity index (χ1v) is 14.8. The lowest BCUT2D eigenvalue weighted by molar-refractivity contribution is -0.135. The molecule has 0 aromatic heterocycles. The lowest BCUT2D eigenvalue weighted by atomic mass is 9.52. The number of nitrogens with zero attached hydrogens (tertiary/aromatic N) is 2. The zero-order valence-corrected chi connectivity index (χ0v) is 24.3. The van der Waals surface area contributed by atoms with Crippen LogP contribution < -0.4 is 4.90 Å². The molecule has 1 heterocycles. The summed E-state index contributed by atoms with van der Waals surface area (Å²) in [7, 11) is 0. The number of benzene rings is 4. The molecule has 0 N–H and O–H groups in total. The van der Waals surface area contributed by atoms with Gasteiger partial charge in [-0.05, 0) is 66.1 Å². The standard InChI is InChI=1S/C37H27ClN2O3/c1-22-11-13-25(14-12-22)34(41)33-28-17-15-24-9-5-6-10-27(24)32(28)29(20-39)35(42)37(33)30-19-26(38)16-18-31(30)40(36(37)43)21-23-7-3-2-4-8-23/h2-14,16,18-19,28,33H,15,17,21H2,1H3/t28-,33-,37+/m0/s1. The second kappa shape index (κ2) is 10.2. The Kier molecular flexibility index (Phi) is 6.41. The van der Waals surface area contributed by atoms with Gasteiger partial charge in [0.15, 0.2) is 17.0 Å². The van der Waals surface area contributed by atoms with Crippen LogP contribution in [0, 0.1) is 30.1 Å². The summed E-state index contributed by atoms with van der Waals surface area (Å²) in [4.78, 5) is 46.4. The number of hydrogen-bond donors (Lipinski definition) is 0. The van der Waals surface area contributed by atoms with Crippen LogP contribution >= 0.6 is 11.6 Å². The van der Waals surface area contributed by atoms with Gasteiger partial charge in [0.1, 0.15) is 11.6 Å². The summed E-state index contributed by atoms with van der Waals surface area (Å²) in [6, 6.07) is 31.8. The number of nitriles is 1. The lowest BCUT2D eigenvalue weighted by Gasteiger charge is -2.46. The maximum absolute atomic E-state index is 15.0. The second-order valence-corrected chi connectivity index (χ2v) is 12.0. The summed E-state index contributed by atoms with van der Waals surface area (Å²) in [5.74, 6) is -2.99. The lowest BCUT2D eigenvalue weighted by Crippen LogP contribution is -2.59. The smallest absolute Gasteiger partial charge is 0.246 e. The first-order chi connectivity index (χ1) is 20.9. The Morgan fingerprint density at radius 2 is 1.70 bits per heavy atom. The Balaban J connectivity index is 1.53. The third kappa shape index (κ3) is 3.94. The predicted molar refractivity (Wildman–Crippen MR) is 166 cm³/mol. The Morgan fingerprint density at radius 3 is 2.44 bits per heavy atom. The van der Waals surface area contributed by atoms with Crippen molar-refractivity contribution < 1.29 is 14.4 Å². The SMILES string of the molecule is Cc1ccc(C(=O)[C@@H]2[C@H]3CCc4ccccc4C3=C(C#N)C(=O)[C@]23C(=O)N(Cc2ccccc2)c2ccc(Cl)cc23)cc1. The highest BCUT2D eigenvalue weighted by Crippen LogP contribution is 2.59. The van der Waals surface area contributed by atoms with Gasteiger partial charge >= 0.3 is 0 Å². The molecule has 0 saturated carbocycles. The zero-order chi connectivity index (χ0) is 29.9. The van der Waals surface area contributed by atoms with E-state index in [0.29, 0.717) is 40.3 Å². The fourth-order valence-electron chi connectivity index (χ4n) is 7.40. The summed E-state index contributed by atoms with van der Waals surface area (Å²) in [6.45, 7) is 2.15. The Hall–Kier alpha value is -4.79. The van der Waals surface area contributed by atoms with Crippen molar-refractivity contribution >= 4 is 40.3 Å². The summed E-state index contributed by atoms with van der Waals surface area (Å²) in [5.41, 5.74) is 3.65. The number of rotatable bonds is 4. The van der Waals surface area contributed by atoms with Crippen LogP contribution in [0.4, 0.5) is 5.69 Å². The summed E-state index contributed by atoms with van der Waals surface area (Å²) < 4.78 is 0. The Morgan fingerprint density at radius 1 is 0.977 bits per heavy atom. The number of anilines is 1. The van der Waals surface area contributed by atoms with Crippen molar-refractivity contribution in [3.05, 3.63) is 141 Å². The fourth-order valence-corrected chi connectivity index (χ4v) is 7.57. The van der Waals surface area contributed by atoms with E-state index in [1.807, 2.05) is 73.7 Å². The number of carbonyl (C=O) groups excluding carboxylic acids is 3. The van der Waals surface area contributed by atoms with E-state index >= 15 is 9.59 Å². The molecule has 2 aliphatic carbocycles. The minimum Gasteiger partial charge on any atom is -0.306 e. The Bertz CT molecular complexity index is 1900. The predicted octanol–water partition coefficient (Wildman–Crippen LogP) is 7.05. The van der Waals surface area contributed by atoms with Gasteiger partial charge in [0.2, 0.25) is 5.91 Å². The van der Waals surface area contributed by atoms with Gasteiger partial charge in [0, 0.05) is 21.8 Å². The summed E-state index contributed by atoms with van der Waals surface area (Å²) in [5, 5.41) is 10.9. The third-order valence-corrected chi connectivity index (χ3v) is 9.53. The van der Waals surface area contributed by atoms with Gasteiger partial charge in [0.05, 0.1) is 12.5 Å². The normalized spacial score (nSPS) is 22.2. The highest BCUT2D eigenvalue weighted by molar-refractivity contribution is 6.34. The van der Waals surface area contributed by atoms with E-state index < -0.39 is 28.9 Å². The number of halogens is 1. The zero-order valence-electron chi connectivity index (χ0n) is 23.5. The number of allylic oxidation sites excluding steroid dienone is 2. The molecule has 0 fully saturated rings.